The summed E-state index contributed by atoms with van der Waals surface area (Å²) in [5, 5.41) is 2.53. The van der Waals surface area contributed by atoms with E-state index in [1.54, 1.807) is 12.1 Å². The van der Waals surface area contributed by atoms with Crippen LogP contribution in [0.15, 0.2) is 71.5 Å². The summed E-state index contributed by atoms with van der Waals surface area (Å²) in [6.45, 7) is 3.25. The predicted molar refractivity (Wildman–Crippen MR) is 149 cm³/mol. The molecule has 1 amide bonds. The molecule has 1 saturated heterocycles. The molecule has 0 saturated carbocycles. The quantitative estimate of drug-likeness (QED) is 0.497. The molecule has 6 rings (SSSR count). The van der Waals surface area contributed by atoms with Crippen LogP contribution in [-0.2, 0) is 11.3 Å². The zero-order chi connectivity index (χ0) is 25.4. The number of carbonyl (C=O) groups excluding carboxylic acids is 1. The van der Waals surface area contributed by atoms with Crippen molar-refractivity contribution in [1.82, 2.24) is 9.47 Å². The van der Waals surface area contributed by atoms with Gasteiger partial charge in [0, 0.05) is 49.1 Å². The van der Waals surface area contributed by atoms with Crippen molar-refractivity contribution < 1.29 is 14.3 Å². The Bertz CT molecular complexity index is 1390. The summed E-state index contributed by atoms with van der Waals surface area (Å²) >= 11 is 7.32. The zero-order valence-electron chi connectivity index (χ0n) is 20.2. The standard InChI is InChI=1S/C28H27N3O4S2/c32-25-8-4-7-22-20-13-18(16-31(22)25)15-30(17-20)28(36)37-26(19-5-2-1-3-6-19)27(33)29-21-9-10-23-24(14-21)35-12-11-34-23/h1-10,14,18,20,26H,11-13,15-17H2,(H,29,33)/t18-,20+,26+/m1/s1. The minimum Gasteiger partial charge on any atom is -0.486 e. The van der Waals surface area contributed by atoms with Gasteiger partial charge < -0.3 is 24.3 Å². The Hall–Kier alpha value is -3.30. The summed E-state index contributed by atoms with van der Waals surface area (Å²) in [4.78, 5) is 28.2. The highest BCUT2D eigenvalue weighted by Crippen LogP contribution is 2.39. The van der Waals surface area contributed by atoms with E-state index in [2.05, 4.69) is 16.3 Å². The van der Waals surface area contributed by atoms with Gasteiger partial charge in [-0.2, -0.15) is 0 Å². The van der Waals surface area contributed by atoms with Crippen LogP contribution in [0.3, 0.4) is 0 Å². The number of hydrogen-bond acceptors (Lipinski definition) is 6. The molecule has 0 radical (unpaired) electrons. The highest BCUT2D eigenvalue weighted by atomic mass is 32.2. The lowest BCUT2D eigenvalue weighted by molar-refractivity contribution is -0.115. The number of pyridine rings is 1. The van der Waals surface area contributed by atoms with Crippen molar-refractivity contribution in [2.24, 2.45) is 5.92 Å². The molecule has 7 nitrogen and oxygen atoms in total. The van der Waals surface area contributed by atoms with Gasteiger partial charge in [-0.1, -0.05) is 60.4 Å². The van der Waals surface area contributed by atoms with E-state index < -0.39 is 5.25 Å². The number of thioether (sulfide) groups is 1. The fourth-order valence-corrected chi connectivity index (χ4v) is 6.85. The van der Waals surface area contributed by atoms with Crippen molar-refractivity contribution in [1.29, 1.82) is 0 Å². The number of hydrogen-bond donors (Lipinski definition) is 1. The monoisotopic (exact) mass is 533 g/mol. The lowest BCUT2D eigenvalue weighted by atomic mass is 9.83. The number of piperidine rings is 1. The van der Waals surface area contributed by atoms with E-state index in [1.807, 2.05) is 53.1 Å². The van der Waals surface area contributed by atoms with Gasteiger partial charge in [0.25, 0.3) is 5.56 Å². The molecule has 4 heterocycles. The lowest BCUT2D eigenvalue weighted by Gasteiger charge is -2.43. The van der Waals surface area contributed by atoms with E-state index in [1.165, 1.54) is 11.8 Å². The van der Waals surface area contributed by atoms with E-state index in [9.17, 15) is 9.59 Å². The van der Waals surface area contributed by atoms with Crippen LogP contribution in [0.5, 0.6) is 11.5 Å². The number of thiocarbonyl (C=S) groups is 1. The van der Waals surface area contributed by atoms with Crippen molar-refractivity contribution >= 4 is 39.9 Å². The molecule has 3 atom stereocenters. The molecule has 3 aliphatic rings. The van der Waals surface area contributed by atoms with E-state index >= 15 is 0 Å². The number of amides is 1. The van der Waals surface area contributed by atoms with Gasteiger partial charge in [-0.05, 0) is 36.1 Å². The molecule has 0 unspecified atom stereocenters. The van der Waals surface area contributed by atoms with Crippen LogP contribution < -0.4 is 20.3 Å². The third-order valence-corrected chi connectivity index (χ3v) is 8.84. The molecule has 2 bridgehead atoms. The maximum atomic E-state index is 13.6. The number of likely N-dealkylation sites (tertiary alicyclic amines) is 1. The van der Waals surface area contributed by atoms with Crippen molar-refractivity contribution in [2.75, 3.05) is 31.6 Å². The van der Waals surface area contributed by atoms with Crippen LogP contribution in [0.2, 0.25) is 0 Å². The topological polar surface area (TPSA) is 72.8 Å². The maximum Gasteiger partial charge on any atom is 0.250 e. The van der Waals surface area contributed by atoms with Gasteiger partial charge in [0.05, 0.1) is 0 Å². The molecule has 37 heavy (non-hydrogen) atoms. The van der Waals surface area contributed by atoms with E-state index in [0.717, 1.165) is 30.8 Å². The SMILES string of the molecule is O=C(Nc1ccc2c(c1)OCCO2)[C@@H](SC(=S)N1C[C@H]2C[C@@H](C1)c1cccc(=O)n1C2)c1ccccc1. The van der Waals surface area contributed by atoms with Crippen LogP contribution in [0.1, 0.15) is 28.8 Å². The van der Waals surface area contributed by atoms with Crippen molar-refractivity contribution in [3.05, 3.63) is 88.3 Å². The third-order valence-electron chi connectivity index (χ3n) is 7.11. The molecule has 1 fully saturated rings. The normalized spacial score (nSPS) is 20.5. The van der Waals surface area contributed by atoms with E-state index in [0.29, 0.717) is 47.2 Å². The molecule has 1 aromatic heterocycles. The summed E-state index contributed by atoms with van der Waals surface area (Å²) in [6.07, 6.45) is 1.06. The molecule has 2 aromatic carbocycles. The van der Waals surface area contributed by atoms with Gasteiger partial charge >= 0.3 is 0 Å². The van der Waals surface area contributed by atoms with Gasteiger partial charge in [0.1, 0.15) is 22.8 Å². The summed E-state index contributed by atoms with van der Waals surface area (Å²) in [6, 6.07) is 20.7. The first-order chi connectivity index (χ1) is 18.0. The molecule has 3 aromatic rings. The third kappa shape index (κ3) is 4.98. The zero-order valence-corrected chi connectivity index (χ0v) is 21.8. The van der Waals surface area contributed by atoms with Crippen LogP contribution in [0, 0.1) is 5.92 Å². The molecule has 190 valence electrons. The molecular weight excluding hydrogens is 506 g/mol. The molecule has 0 aliphatic carbocycles. The second-order valence-corrected chi connectivity index (χ2v) is 11.4. The summed E-state index contributed by atoms with van der Waals surface area (Å²) < 4.78 is 13.9. The number of fused-ring (bicyclic) bond motifs is 5. The minimum absolute atomic E-state index is 0.0672. The molecule has 0 spiro atoms. The average molecular weight is 534 g/mol. The van der Waals surface area contributed by atoms with Crippen LogP contribution >= 0.6 is 24.0 Å². The van der Waals surface area contributed by atoms with Gasteiger partial charge in [0.15, 0.2) is 11.5 Å². The summed E-state index contributed by atoms with van der Waals surface area (Å²) in [7, 11) is 0. The smallest absolute Gasteiger partial charge is 0.250 e. The minimum atomic E-state index is -0.515. The second kappa shape index (κ2) is 10.2. The van der Waals surface area contributed by atoms with Gasteiger partial charge in [0.2, 0.25) is 5.91 Å². The number of carbonyl (C=O) groups is 1. The first-order valence-corrected chi connectivity index (χ1v) is 13.7. The number of ether oxygens (including phenoxy) is 2. The molecule has 3 aliphatic heterocycles. The summed E-state index contributed by atoms with van der Waals surface area (Å²) in [5.74, 6) is 1.76. The number of rotatable bonds is 4. The van der Waals surface area contributed by atoms with Crippen molar-refractivity contribution in [3.63, 3.8) is 0 Å². The predicted octanol–water partition coefficient (Wildman–Crippen LogP) is 4.44. The first kappa shape index (κ1) is 24.1. The first-order valence-electron chi connectivity index (χ1n) is 12.5. The average Bonchev–Trinajstić information content (AvgIpc) is 2.92. The largest absolute Gasteiger partial charge is 0.486 e. The lowest BCUT2D eigenvalue weighted by Crippen LogP contribution is -2.48. The molecular formula is C28H27N3O4S2. The van der Waals surface area contributed by atoms with Crippen molar-refractivity contribution in [3.8, 4) is 11.5 Å². The molecule has 9 heteroatoms. The molecule has 1 N–H and O–H groups in total. The van der Waals surface area contributed by atoms with E-state index in [4.69, 9.17) is 21.7 Å². The van der Waals surface area contributed by atoms with Crippen LogP contribution in [-0.4, -0.2) is 46.0 Å². The fraction of sp³-hybridized carbons (Fsp3) is 0.321. The Kier molecular flexibility index (Phi) is 6.65. The number of nitrogens with one attached hydrogen (secondary N) is 1. The number of benzene rings is 2. The highest BCUT2D eigenvalue weighted by Gasteiger charge is 2.36. The summed E-state index contributed by atoms with van der Waals surface area (Å²) in [5.41, 5.74) is 2.69. The maximum absolute atomic E-state index is 13.6. The Labute approximate surface area is 224 Å². The Morgan fingerprint density at radius 2 is 1.78 bits per heavy atom. The number of nitrogens with zero attached hydrogens (tertiary/aromatic N) is 2. The van der Waals surface area contributed by atoms with Crippen LogP contribution in [0.25, 0.3) is 0 Å². The van der Waals surface area contributed by atoms with Gasteiger partial charge in [-0.3, -0.25) is 9.59 Å². The Balaban J connectivity index is 1.20. The van der Waals surface area contributed by atoms with E-state index in [-0.39, 0.29) is 17.4 Å². The van der Waals surface area contributed by atoms with Gasteiger partial charge in [-0.15, -0.1) is 0 Å². The van der Waals surface area contributed by atoms with Gasteiger partial charge in [-0.25, -0.2) is 0 Å². The fourth-order valence-electron chi connectivity index (χ4n) is 5.45. The van der Waals surface area contributed by atoms with Crippen molar-refractivity contribution in [2.45, 2.75) is 24.1 Å². The Morgan fingerprint density at radius 1 is 0.973 bits per heavy atom. The number of aromatic nitrogens is 1. The number of anilines is 1. The highest BCUT2D eigenvalue weighted by molar-refractivity contribution is 8.23. The van der Waals surface area contributed by atoms with Crippen LogP contribution in [0.4, 0.5) is 5.69 Å². The Morgan fingerprint density at radius 3 is 2.62 bits per heavy atom. The second-order valence-electron chi connectivity index (χ2n) is 9.63.